The van der Waals surface area contributed by atoms with Crippen LogP contribution in [0.1, 0.15) is 6.92 Å². The van der Waals surface area contributed by atoms with Gasteiger partial charge in [0.05, 0.1) is 5.65 Å². The van der Waals surface area contributed by atoms with Gasteiger partial charge in [-0.15, -0.1) is 23.6 Å². The van der Waals surface area contributed by atoms with Crippen molar-refractivity contribution in [2.75, 3.05) is 0 Å². The zero-order chi connectivity index (χ0) is 21.2. The van der Waals surface area contributed by atoms with Crippen molar-refractivity contribution in [2.45, 2.75) is 13.5 Å². The molecule has 0 aliphatic heterocycles. The summed E-state index contributed by atoms with van der Waals surface area (Å²) in [5.74, 6) is 0. The zero-order valence-electron chi connectivity index (χ0n) is 18.0. The van der Waals surface area contributed by atoms with E-state index in [1.54, 1.807) is 0 Å². The minimum Gasteiger partial charge on any atom is -0.341 e. The number of aromatic nitrogens is 3. The van der Waals surface area contributed by atoms with Gasteiger partial charge < -0.3 is 8.97 Å². The van der Waals surface area contributed by atoms with E-state index in [1.165, 1.54) is 49.2 Å². The molecule has 3 aromatic heterocycles. The number of imidazole rings is 1. The smallest absolute Gasteiger partial charge is 0.0608 e. The molecule has 7 rings (SSSR count). The summed E-state index contributed by atoms with van der Waals surface area (Å²) in [6, 6.07) is 32.0. The quantitative estimate of drug-likeness (QED) is 0.151. The first kappa shape index (κ1) is 20.2. The number of rotatable bonds is 2. The van der Waals surface area contributed by atoms with Crippen molar-refractivity contribution in [1.29, 1.82) is 0 Å². The first-order chi connectivity index (χ1) is 15.8. The second-order valence-electron chi connectivity index (χ2n) is 8.31. The van der Waals surface area contributed by atoms with Crippen LogP contribution in [0.25, 0.3) is 60.3 Å². The van der Waals surface area contributed by atoms with Crippen molar-refractivity contribution in [2.24, 2.45) is 0 Å². The van der Waals surface area contributed by atoms with Crippen molar-refractivity contribution < 1.29 is 20.1 Å². The third-order valence-electron chi connectivity index (χ3n) is 6.68. The van der Waals surface area contributed by atoms with E-state index in [0.717, 1.165) is 17.6 Å². The van der Waals surface area contributed by atoms with Gasteiger partial charge in [0.25, 0.3) is 0 Å². The van der Waals surface area contributed by atoms with E-state index in [0.29, 0.717) is 0 Å². The van der Waals surface area contributed by atoms with Crippen molar-refractivity contribution in [3.8, 4) is 11.1 Å². The minimum absolute atomic E-state index is 0. The zero-order valence-corrected chi connectivity index (χ0v) is 20.4. The number of hydrogen-bond acceptors (Lipinski definition) is 1. The van der Waals surface area contributed by atoms with E-state index in [1.807, 2.05) is 12.4 Å². The number of para-hydroxylation sites is 2. The Morgan fingerprint density at radius 3 is 2.27 bits per heavy atom. The van der Waals surface area contributed by atoms with Crippen LogP contribution in [0.2, 0.25) is 0 Å². The van der Waals surface area contributed by atoms with E-state index in [9.17, 15) is 0 Å². The predicted octanol–water partition coefficient (Wildman–Crippen LogP) is 7.23. The molecule has 3 nitrogen and oxygen atoms in total. The topological polar surface area (TPSA) is 22.2 Å². The molecule has 0 N–H and O–H groups in total. The summed E-state index contributed by atoms with van der Waals surface area (Å²) < 4.78 is 4.54. The summed E-state index contributed by atoms with van der Waals surface area (Å²) in [5.41, 5.74) is 7.08. The molecule has 33 heavy (non-hydrogen) atoms. The van der Waals surface area contributed by atoms with E-state index in [-0.39, 0.29) is 20.1 Å². The van der Waals surface area contributed by atoms with Gasteiger partial charge in [0, 0.05) is 66.4 Å². The molecule has 0 atom stereocenters. The molecule has 0 amide bonds. The van der Waals surface area contributed by atoms with E-state index >= 15 is 0 Å². The minimum atomic E-state index is 0. The number of benzene rings is 4. The van der Waals surface area contributed by atoms with Crippen LogP contribution in [-0.2, 0) is 26.7 Å². The molecule has 1 radical (unpaired) electrons. The molecule has 0 unspecified atom stereocenters. The van der Waals surface area contributed by atoms with Crippen molar-refractivity contribution in [3.05, 3.63) is 97.3 Å². The first-order valence-corrected chi connectivity index (χ1v) is 11.0. The predicted molar refractivity (Wildman–Crippen MR) is 133 cm³/mol. The fourth-order valence-electron chi connectivity index (χ4n) is 5.23. The summed E-state index contributed by atoms with van der Waals surface area (Å²) in [5, 5.41) is 6.07. The second kappa shape index (κ2) is 7.55. The molecule has 0 fully saturated rings. The van der Waals surface area contributed by atoms with Crippen molar-refractivity contribution in [3.63, 3.8) is 0 Å². The summed E-state index contributed by atoms with van der Waals surface area (Å²) in [6.45, 7) is 3.17. The average Bonchev–Trinajstić information content (AvgIpc) is 3.47. The van der Waals surface area contributed by atoms with Gasteiger partial charge in [0.15, 0.2) is 0 Å². The summed E-state index contributed by atoms with van der Waals surface area (Å²) in [4.78, 5) is 4.62. The van der Waals surface area contributed by atoms with Crippen LogP contribution < -0.4 is 0 Å². The molecule has 0 saturated heterocycles. The summed E-state index contributed by atoms with van der Waals surface area (Å²) in [6.07, 6.45) is 3.89. The van der Waals surface area contributed by atoms with Gasteiger partial charge in [-0.05, 0) is 30.5 Å². The Labute approximate surface area is 204 Å². The van der Waals surface area contributed by atoms with Crippen LogP contribution in [0.3, 0.4) is 0 Å². The molecule has 0 spiro atoms. The molecule has 0 aliphatic carbocycles. The molecular weight excluding hydrogens is 583 g/mol. The molecule has 0 bridgehead atoms. The Hall–Kier alpha value is -3.46. The van der Waals surface area contributed by atoms with Crippen LogP contribution in [-0.4, -0.2) is 14.0 Å². The Bertz CT molecular complexity index is 1820. The standard InChI is InChI=1S/C29H20N3.Ir/c1-2-31-26-9-5-4-8-22(26)25-18-20(12-14-28(25)31)19-11-13-23-24(17-19)21-7-3-6-10-27(21)32-16-15-30-29(23)32;/h3-12,14-18H,2H2,1H3;/q-1;. The van der Waals surface area contributed by atoms with Crippen LogP contribution in [0.15, 0.2) is 91.3 Å². The number of aryl methyl sites for hydroxylation is 1. The van der Waals surface area contributed by atoms with Gasteiger partial charge in [0.2, 0.25) is 0 Å². The maximum absolute atomic E-state index is 4.62. The Kier molecular flexibility index (Phi) is 4.61. The monoisotopic (exact) mass is 603 g/mol. The van der Waals surface area contributed by atoms with Crippen molar-refractivity contribution in [1.82, 2.24) is 14.0 Å². The molecular formula is C29H20IrN3-. The Morgan fingerprint density at radius 2 is 1.45 bits per heavy atom. The molecule has 4 aromatic carbocycles. The molecule has 0 saturated carbocycles. The van der Waals surface area contributed by atoms with Crippen LogP contribution in [0.4, 0.5) is 0 Å². The van der Waals surface area contributed by atoms with E-state index in [2.05, 4.69) is 106 Å². The number of fused-ring (bicyclic) bond motifs is 9. The average molecular weight is 603 g/mol. The molecule has 161 valence electrons. The van der Waals surface area contributed by atoms with Gasteiger partial charge in [-0.2, -0.15) is 0 Å². The van der Waals surface area contributed by atoms with Gasteiger partial charge in [-0.25, -0.2) is 0 Å². The Morgan fingerprint density at radius 1 is 0.758 bits per heavy atom. The third kappa shape index (κ3) is 2.81. The van der Waals surface area contributed by atoms with E-state index < -0.39 is 0 Å². The first-order valence-electron chi connectivity index (χ1n) is 11.0. The molecule has 3 heterocycles. The number of pyridine rings is 1. The fraction of sp³-hybridized carbons (Fsp3) is 0.0690. The van der Waals surface area contributed by atoms with Crippen LogP contribution >= 0.6 is 0 Å². The molecule has 0 aliphatic rings. The fourth-order valence-corrected chi connectivity index (χ4v) is 5.23. The van der Waals surface area contributed by atoms with Gasteiger partial charge >= 0.3 is 0 Å². The third-order valence-corrected chi connectivity index (χ3v) is 6.68. The van der Waals surface area contributed by atoms with Gasteiger partial charge in [0.1, 0.15) is 0 Å². The van der Waals surface area contributed by atoms with Crippen LogP contribution in [0.5, 0.6) is 0 Å². The normalized spacial score (nSPS) is 11.7. The SMILES string of the molecule is CCn1c2ccccc2c2cc(-c3c[c-]c4c(c3)c3ccccc3n3ccnc43)ccc21.[Ir]. The maximum atomic E-state index is 4.62. The van der Waals surface area contributed by atoms with Gasteiger partial charge in [-0.1, -0.05) is 65.0 Å². The Balaban J connectivity index is 0.00000206. The summed E-state index contributed by atoms with van der Waals surface area (Å²) >= 11 is 0. The largest absolute Gasteiger partial charge is 0.341 e. The van der Waals surface area contributed by atoms with Crippen molar-refractivity contribution >= 4 is 49.1 Å². The second-order valence-corrected chi connectivity index (χ2v) is 8.31. The van der Waals surface area contributed by atoms with E-state index in [4.69, 9.17) is 0 Å². The molecule has 4 heteroatoms. The van der Waals surface area contributed by atoms with Gasteiger partial charge in [-0.3, -0.25) is 4.98 Å². The number of nitrogens with zero attached hydrogens (tertiary/aromatic N) is 3. The maximum Gasteiger partial charge on any atom is 0.0608 e. The number of hydrogen-bond donors (Lipinski definition) is 0. The molecule has 7 aromatic rings. The summed E-state index contributed by atoms with van der Waals surface area (Å²) in [7, 11) is 0. The van der Waals surface area contributed by atoms with Crippen LogP contribution in [0, 0.1) is 6.07 Å².